The summed E-state index contributed by atoms with van der Waals surface area (Å²) in [5.41, 5.74) is 1.11. The molecule has 7 atom stereocenters. The summed E-state index contributed by atoms with van der Waals surface area (Å²) in [4.78, 5) is 25.1. The zero-order chi connectivity index (χ0) is 22.0. The molecule has 3 fully saturated rings. The Morgan fingerprint density at radius 2 is 1.97 bits per heavy atom. The highest BCUT2D eigenvalue weighted by molar-refractivity contribution is 5.96. The Kier molecular flexibility index (Phi) is 4.84. The molecule has 0 aromatic rings. The lowest BCUT2D eigenvalue weighted by molar-refractivity contribution is -0.169. The van der Waals surface area contributed by atoms with Crippen molar-refractivity contribution in [2.45, 2.75) is 77.7 Å². The molecule has 0 radical (unpaired) electrons. The lowest BCUT2D eigenvalue weighted by Crippen LogP contribution is -2.54. The van der Waals surface area contributed by atoms with Crippen molar-refractivity contribution in [2.24, 2.45) is 34.5 Å². The van der Waals surface area contributed by atoms with Gasteiger partial charge in [0.15, 0.2) is 5.92 Å². The normalized spacial score (nSPS) is 45.7. The predicted molar refractivity (Wildman–Crippen MR) is 116 cm³/mol. The fourth-order valence-corrected chi connectivity index (χ4v) is 8.20. The van der Waals surface area contributed by atoms with Gasteiger partial charge in [0.1, 0.15) is 5.60 Å². The van der Waals surface area contributed by atoms with Crippen LogP contribution in [0.1, 0.15) is 72.1 Å². The average molecular weight is 429 g/mol. The molecule has 5 heteroatoms. The van der Waals surface area contributed by atoms with E-state index in [1.165, 1.54) is 5.57 Å². The van der Waals surface area contributed by atoms with E-state index in [4.69, 9.17) is 14.2 Å². The van der Waals surface area contributed by atoms with Crippen LogP contribution >= 0.6 is 0 Å². The lowest BCUT2D eigenvalue weighted by atomic mass is 9.47. The van der Waals surface area contributed by atoms with Gasteiger partial charge in [0.05, 0.1) is 19.5 Å². The molecule has 0 N–H and O–H groups in total. The fraction of sp³-hybridized carbons (Fsp3) is 0.769. The van der Waals surface area contributed by atoms with Gasteiger partial charge in [-0.05, 0) is 80.3 Å². The minimum absolute atomic E-state index is 0.0605. The second kappa shape index (κ2) is 7.11. The van der Waals surface area contributed by atoms with Gasteiger partial charge >= 0.3 is 11.9 Å². The van der Waals surface area contributed by atoms with E-state index < -0.39 is 17.5 Å². The Hall–Kier alpha value is -1.78. The van der Waals surface area contributed by atoms with Gasteiger partial charge in [-0.2, -0.15) is 0 Å². The first-order chi connectivity index (χ1) is 14.8. The molecule has 1 spiro atoms. The predicted octanol–water partition coefficient (Wildman–Crippen LogP) is 4.95. The van der Waals surface area contributed by atoms with Gasteiger partial charge in [-0.1, -0.05) is 19.9 Å². The maximum Gasteiger partial charge on any atom is 0.321 e. The Morgan fingerprint density at radius 3 is 2.71 bits per heavy atom. The second-order valence-corrected chi connectivity index (χ2v) is 10.9. The number of rotatable bonds is 3. The minimum Gasteiger partial charge on any atom is -0.501 e. The largest absolute Gasteiger partial charge is 0.501 e. The highest BCUT2D eigenvalue weighted by Gasteiger charge is 2.69. The van der Waals surface area contributed by atoms with Crippen LogP contribution in [0.4, 0.5) is 0 Å². The SMILES string of the molecule is CCOC(=O)[C@@H]1C[C@@]2(CC[C@@H]3[C@@H]4CC=C5C=C(OC)CC[C@]5(C)[C@@H]4CC[C@@]32C)OC1=O. The van der Waals surface area contributed by atoms with Crippen LogP contribution in [0.2, 0.25) is 0 Å². The number of ether oxygens (including phenoxy) is 3. The molecule has 1 saturated heterocycles. The number of methoxy groups -OCH3 is 1. The molecule has 4 aliphatic carbocycles. The van der Waals surface area contributed by atoms with Crippen molar-refractivity contribution in [3.05, 3.63) is 23.5 Å². The number of hydrogen-bond donors (Lipinski definition) is 0. The average Bonchev–Trinajstić information content (AvgIpc) is 3.24. The van der Waals surface area contributed by atoms with E-state index in [2.05, 4.69) is 26.0 Å². The molecule has 31 heavy (non-hydrogen) atoms. The third-order valence-corrected chi connectivity index (χ3v) is 9.97. The van der Waals surface area contributed by atoms with E-state index in [0.717, 1.165) is 50.7 Å². The molecule has 5 rings (SSSR count). The summed E-state index contributed by atoms with van der Waals surface area (Å²) in [5.74, 6) is 1.38. The van der Waals surface area contributed by atoms with E-state index >= 15 is 0 Å². The molecule has 5 nitrogen and oxygen atoms in total. The van der Waals surface area contributed by atoms with Gasteiger partial charge in [0.2, 0.25) is 0 Å². The van der Waals surface area contributed by atoms with Crippen LogP contribution < -0.4 is 0 Å². The van der Waals surface area contributed by atoms with E-state index in [1.807, 2.05) is 0 Å². The van der Waals surface area contributed by atoms with Crippen molar-refractivity contribution in [1.82, 2.24) is 0 Å². The quantitative estimate of drug-likeness (QED) is 0.470. The molecule has 170 valence electrons. The molecule has 1 heterocycles. The summed E-state index contributed by atoms with van der Waals surface area (Å²) in [6.45, 7) is 6.88. The first kappa shape index (κ1) is 21.1. The first-order valence-electron chi connectivity index (χ1n) is 12.1. The monoisotopic (exact) mass is 428 g/mol. The molecule has 0 unspecified atom stereocenters. The van der Waals surface area contributed by atoms with Crippen molar-refractivity contribution in [2.75, 3.05) is 13.7 Å². The molecule has 0 bridgehead atoms. The zero-order valence-corrected chi connectivity index (χ0v) is 19.4. The van der Waals surface area contributed by atoms with E-state index in [9.17, 15) is 9.59 Å². The summed E-state index contributed by atoms with van der Waals surface area (Å²) in [6, 6.07) is 0. The van der Waals surface area contributed by atoms with Crippen LogP contribution in [0.25, 0.3) is 0 Å². The summed E-state index contributed by atoms with van der Waals surface area (Å²) in [6.07, 6.45) is 12.7. The van der Waals surface area contributed by atoms with Crippen molar-refractivity contribution < 1.29 is 23.8 Å². The molecular formula is C26H36O5. The second-order valence-electron chi connectivity index (χ2n) is 10.9. The van der Waals surface area contributed by atoms with Crippen molar-refractivity contribution in [3.8, 4) is 0 Å². The zero-order valence-electron chi connectivity index (χ0n) is 19.4. The number of hydrogen-bond acceptors (Lipinski definition) is 5. The van der Waals surface area contributed by atoms with Crippen LogP contribution in [-0.4, -0.2) is 31.3 Å². The maximum atomic E-state index is 12.7. The minimum atomic E-state index is -0.750. The summed E-state index contributed by atoms with van der Waals surface area (Å²) < 4.78 is 16.9. The van der Waals surface area contributed by atoms with Crippen molar-refractivity contribution in [1.29, 1.82) is 0 Å². The molecule has 0 amide bonds. The van der Waals surface area contributed by atoms with Crippen LogP contribution in [0.5, 0.6) is 0 Å². The van der Waals surface area contributed by atoms with E-state index in [-0.39, 0.29) is 16.8 Å². The number of carbonyl (C=O) groups is 2. The molecule has 1 aliphatic heterocycles. The van der Waals surface area contributed by atoms with Gasteiger partial charge in [-0.15, -0.1) is 0 Å². The summed E-state index contributed by atoms with van der Waals surface area (Å²) in [7, 11) is 1.77. The van der Waals surface area contributed by atoms with Gasteiger partial charge in [0.25, 0.3) is 0 Å². The number of esters is 2. The maximum absolute atomic E-state index is 12.7. The van der Waals surface area contributed by atoms with Crippen molar-refractivity contribution >= 4 is 11.9 Å². The molecule has 0 aromatic carbocycles. The summed E-state index contributed by atoms with van der Waals surface area (Å²) in [5, 5.41) is 0. The van der Waals surface area contributed by atoms with Gasteiger partial charge in [-0.3, -0.25) is 9.59 Å². The standard InChI is InChI=1S/C26H36O5/c1-5-30-22(27)19-15-26(31-23(19)28)13-10-21-18-7-6-16-14-17(29-4)8-11-24(16,2)20(18)9-12-25(21,26)3/h6,14,18-21H,5,7-13,15H2,1-4H3/t18-,19+,20-,21-,24+,25+,26-/m1/s1. The first-order valence-corrected chi connectivity index (χ1v) is 12.1. The molecule has 5 aliphatic rings. The smallest absolute Gasteiger partial charge is 0.321 e. The highest BCUT2D eigenvalue weighted by atomic mass is 16.6. The van der Waals surface area contributed by atoms with E-state index in [0.29, 0.717) is 30.8 Å². The van der Waals surface area contributed by atoms with Crippen molar-refractivity contribution in [3.63, 3.8) is 0 Å². The Morgan fingerprint density at radius 1 is 1.19 bits per heavy atom. The van der Waals surface area contributed by atoms with Gasteiger partial charge in [-0.25, -0.2) is 0 Å². The fourth-order valence-electron chi connectivity index (χ4n) is 8.20. The Labute approximate surface area is 185 Å². The Balaban J connectivity index is 1.43. The Bertz CT molecular complexity index is 858. The molecule has 0 aromatic heterocycles. The number of allylic oxidation sites excluding steroid dienone is 4. The molecule has 2 saturated carbocycles. The van der Waals surface area contributed by atoms with Crippen LogP contribution in [0, 0.1) is 34.5 Å². The van der Waals surface area contributed by atoms with Crippen LogP contribution in [0.15, 0.2) is 23.5 Å². The van der Waals surface area contributed by atoms with Crippen LogP contribution in [0.3, 0.4) is 0 Å². The van der Waals surface area contributed by atoms with Crippen LogP contribution in [-0.2, 0) is 23.8 Å². The van der Waals surface area contributed by atoms with Gasteiger partial charge in [0, 0.05) is 18.3 Å². The highest BCUT2D eigenvalue weighted by Crippen LogP contribution is 2.69. The number of carbonyl (C=O) groups excluding carboxylic acids is 2. The molecular weight excluding hydrogens is 392 g/mol. The number of fused-ring (bicyclic) bond motifs is 6. The topological polar surface area (TPSA) is 61.8 Å². The third-order valence-electron chi connectivity index (χ3n) is 9.97. The van der Waals surface area contributed by atoms with E-state index in [1.54, 1.807) is 14.0 Å². The lowest BCUT2D eigenvalue weighted by Gasteiger charge is -2.58. The van der Waals surface area contributed by atoms with Gasteiger partial charge < -0.3 is 14.2 Å². The third kappa shape index (κ3) is 2.80. The summed E-state index contributed by atoms with van der Waals surface area (Å²) >= 11 is 0.